The third-order valence-electron chi connectivity index (χ3n) is 16.6. The maximum Gasteiger partial charge on any atom is -0.0105 e. The van der Waals surface area contributed by atoms with Gasteiger partial charge < -0.3 is 0 Å². The number of hydrogen-bond donors (Lipinski definition) is 0. The van der Waals surface area contributed by atoms with E-state index in [1.54, 1.807) is 0 Å². The van der Waals surface area contributed by atoms with E-state index in [2.05, 4.69) is 412 Å². The van der Waals surface area contributed by atoms with Gasteiger partial charge in [0.1, 0.15) is 0 Å². The minimum atomic E-state index is 1.26. The molecule has 0 aliphatic carbocycles. The second-order valence-electron chi connectivity index (χ2n) is 24.0. The average molecular weight is 1240 g/mol. The molecule has 0 heteroatoms. The molecular formula is C96H84. The summed E-state index contributed by atoms with van der Waals surface area (Å²) in [6.07, 6.45) is 0. The SMILES string of the molecule is Cc1ccc(-c2ccc(-c3ccccc3)cc2)cc1.Cc1ccc(-c2cccc(-c3ccccc3)c2)cc1.Cc1ccc(-c2ccccc2)cc1.Cc1ccc(-c2ccccc2-c2ccccc2)cc1.Cc1cccc(-c2ccccc2)c1.Cc1ccccc1-c1ccccc1. The Kier molecular flexibility index (Phi) is 24.8. The molecule has 0 atom stereocenters. The lowest BCUT2D eigenvalue weighted by Crippen LogP contribution is -1.84. The van der Waals surface area contributed by atoms with Crippen LogP contribution in [0.3, 0.4) is 0 Å². The molecule has 15 rings (SSSR count). The van der Waals surface area contributed by atoms with Crippen LogP contribution in [0, 0.1) is 41.5 Å². The molecule has 0 amide bonds. The van der Waals surface area contributed by atoms with Crippen LogP contribution in [-0.4, -0.2) is 0 Å². The van der Waals surface area contributed by atoms with Gasteiger partial charge in [-0.2, -0.15) is 0 Å². The molecular weight excluding hydrogens is 1150 g/mol. The van der Waals surface area contributed by atoms with Crippen LogP contribution in [0.5, 0.6) is 0 Å². The van der Waals surface area contributed by atoms with Crippen LogP contribution in [0.2, 0.25) is 0 Å². The third kappa shape index (κ3) is 20.2. The summed E-state index contributed by atoms with van der Waals surface area (Å²) in [5.41, 5.74) is 30.8. The van der Waals surface area contributed by atoms with Crippen LogP contribution < -0.4 is 0 Å². The Morgan fingerprint density at radius 1 is 0.115 bits per heavy atom. The largest absolute Gasteiger partial charge is 0.0622 e. The summed E-state index contributed by atoms with van der Waals surface area (Å²) in [7, 11) is 0. The fourth-order valence-electron chi connectivity index (χ4n) is 11.2. The molecule has 15 aromatic carbocycles. The van der Waals surface area contributed by atoms with Gasteiger partial charge in [-0.15, -0.1) is 0 Å². The zero-order chi connectivity index (χ0) is 66.5. The molecule has 0 aliphatic rings. The van der Waals surface area contributed by atoms with E-state index in [-0.39, 0.29) is 0 Å². The Morgan fingerprint density at radius 2 is 0.312 bits per heavy atom. The maximum atomic E-state index is 2.25. The van der Waals surface area contributed by atoms with Gasteiger partial charge in [-0.1, -0.05) is 422 Å². The van der Waals surface area contributed by atoms with E-state index in [9.17, 15) is 0 Å². The first-order valence-electron chi connectivity index (χ1n) is 33.1. The molecule has 0 nitrogen and oxygen atoms in total. The summed E-state index contributed by atoms with van der Waals surface area (Å²) in [6, 6.07) is 141. The molecule has 0 spiro atoms. The summed E-state index contributed by atoms with van der Waals surface area (Å²) in [4.78, 5) is 0. The zero-order valence-electron chi connectivity index (χ0n) is 56.1. The fraction of sp³-hybridized carbons (Fsp3) is 0.0625. The van der Waals surface area contributed by atoms with Crippen molar-refractivity contribution in [3.05, 3.63) is 434 Å². The van der Waals surface area contributed by atoms with E-state index in [1.165, 1.54) is 134 Å². The zero-order valence-corrected chi connectivity index (χ0v) is 56.1. The number of benzene rings is 15. The molecule has 0 radical (unpaired) electrons. The smallest absolute Gasteiger partial charge is 0.0105 e. The fourth-order valence-corrected chi connectivity index (χ4v) is 11.2. The molecule has 0 saturated heterocycles. The predicted octanol–water partition coefficient (Wildman–Crippen LogP) is 27.0. The second kappa shape index (κ2) is 35.4. The Morgan fingerprint density at radius 3 is 0.635 bits per heavy atom. The summed E-state index contributed by atoms with van der Waals surface area (Å²) in [6.45, 7) is 12.7. The molecule has 96 heavy (non-hydrogen) atoms. The monoisotopic (exact) mass is 1240 g/mol. The Labute approximate surface area is 571 Å². The van der Waals surface area contributed by atoms with Gasteiger partial charge in [-0.05, 0) is 153 Å². The van der Waals surface area contributed by atoms with Crippen molar-refractivity contribution in [1.82, 2.24) is 0 Å². The first-order valence-corrected chi connectivity index (χ1v) is 33.1. The summed E-state index contributed by atoms with van der Waals surface area (Å²) < 4.78 is 0. The van der Waals surface area contributed by atoms with Crippen LogP contribution in [0.15, 0.2) is 400 Å². The van der Waals surface area contributed by atoms with Crippen molar-refractivity contribution in [2.24, 2.45) is 0 Å². The maximum absolute atomic E-state index is 2.25. The topological polar surface area (TPSA) is 0 Å². The molecule has 468 valence electrons. The lowest BCUT2D eigenvalue weighted by Gasteiger charge is -2.10. The van der Waals surface area contributed by atoms with Crippen LogP contribution in [-0.2, 0) is 0 Å². The van der Waals surface area contributed by atoms with Crippen molar-refractivity contribution in [2.75, 3.05) is 0 Å². The van der Waals surface area contributed by atoms with Crippen LogP contribution >= 0.6 is 0 Å². The number of aryl methyl sites for hydroxylation is 6. The van der Waals surface area contributed by atoms with Gasteiger partial charge in [0.2, 0.25) is 0 Å². The van der Waals surface area contributed by atoms with E-state index in [0.717, 1.165) is 0 Å². The van der Waals surface area contributed by atoms with E-state index < -0.39 is 0 Å². The van der Waals surface area contributed by atoms with E-state index >= 15 is 0 Å². The van der Waals surface area contributed by atoms with Crippen molar-refractivity contribution in [2.45, 2.75) is 41.5 Å². The minimum Gasteiger partial charge on any atom is -0.0622 e. The summed E-state index contributed by atoms with van der Waals surface area (Å²) >= 11 is 0. The van der Waals surface area contributed by atoms with E-state index in [4.69, 9.17) is 0 Å². The Balaban J connectivity index is 0.000000126. The summed E-state index contributed by atoms with van der Waals surface area (Å²) in [5.74, 6) is 0. The van der Waals surface area contributed by atoms with Gasteiger partial charge >= 0.3 is 0 Å². The normalized spacial score (nSPS) is 10.2. The lowest BCUT2D eigenvalue weighted by molar-refractivity contribution is 1.46. The minimum absolute atomic E-state index is 1.26. The van der Waals surface area contributed by atoms with E-state index in [0.29, 0.717) is 0 Å². The molecule has 0 fully saturated rings. The van der Waals surface area contributed by atoms with Crippen molar-refractivity contribution in [3.8, 4) is 100 Å². The van der Waals surface area contributed by atoms with Gasteiger partial charge in [-0.25, -0.2) is 0 Å². The van der Waals surface area contributed by atoms with Crippen molar-refractivity contribution >= 4 is 0 Å². The highest BCUT2D eigenvalue weighted by molar-refractivity contribution is 5.83. The van der Waals surface area contributed by atoms with E-state index in [1.807, 2.05) is 30.3 Å². The van der Waals surface area contributed by atoms with Crippen LogP contribution in [0.4, 0.5) is 0 Å². The molecule has 0 unspecified atom stereocenters. The first kappa shape index (κ1) is 67.2. The predicted molar refractivity (Wildman–Crippen MR) is 416 cm³/mol. The molecule has 0 N–H and O–H groups in total. The highest BCUT2D eigenvalue weighted by Crippen LogP contribution is 2.33. The van der Waals surface area contributed by atoms with Crippen molar-refractivity contribution in [3.63, 3.8) is 0 Å². The molecule has 0 bridgehead atoms. The van der Waals surface area contributed by atoms with Gasteiger partial charge in [0, 0.05) is 0 Å². The van der Waals surface area contributed by atoms with Crippen LogP contribution in [0.25, 0.3) is 100 Å². The number of rotatable bonds is 9. The van der Waals surface area contributed by atoms with Crippen molar-refractivity contribution < 1.29 is 0 Å². The molecule has 0 aromatic heterocycles. The highest BCUT2D eigenvalue weighted by atomic mass is 14.1. The third-order valence-corrected chi connectivity index (χ3v) is 16.6. The Hall–Kier alpha value is -11.7. The first-order chi connectivity index (χ1) is 47.1. The molecule has 0 saturated carbocycles. The van der Waals surface area contributed by atoms with Gasteiger partial charge in [-0.3, -0.25) is 0 Å². The molecule has 15 aromatic rings. The standard InChI is InChI=1S/3C19H16.3C13H12/c1-15-11-13-17(14-12-15)19-10-6-5-9-18(19)16-7-3-2-4-8-16;1-15-10-12-17(13-11-15)19-9-5-8-18(14-19)16-6-3-2-4-7-16;1-15-7-9-17(10-8-15)19-13-11-18(12-14-19)16-5-3-2-4-6-16;1-11-7-5-6-10-13(11)12-8-3-2-4-9-12;1-11-6-5-9-13(10-11)12-7-3-2-4-8-12;1-11-7-9-13(10-8-11)12-5-3-2-4-6-12/h3*2-14H,1H3;3*2-10H,1H3. The number of hydrogen-bond acceptors (Lipinski definition) is 0. The summed E-state index contributed by atoms with van der Waals surface area (Å²) in [5, 5.41) is 0. The quantitative estimate of drug-likeness (QED) is 0.135. The lowest BCUT2D eigenvalue weighted by atomic mass is 9.94. The average Bonchev–Trinajstić information content (AvgIpc) is 1.03. The van der Waals surface area contributed by atoms with Crippen molar-refractivity contribution in [1.29, 1.82) is 0 Å². The molecule has 0 heterocycles. The highest BCUT2D eigenvalue weighted by Gasteiger charge is 2.07. The van der Waals surface area contributed by atoms with Gasteiger partial charge in [0.05, 0.1) is 0 Å². The molecule has 0 aliphatic heterocycles. The second-order valence-corrected chi connectivity index (χ2v) is 24.0. The Bertz CT molecular complexity index is 4690. The van der Waals surface area contributed by atoms with Gasteiger partial charge in [0.15, 0.2) is 0 Å². The van der Waals surface area contributed by atoms with Gasteiger partial charge in [0.25, 0.3) is 0 Å². The van der Waals surface area contributed by atoms with Crippen LogP contribution in [0.1, 0.15) is 33.4 Å².